The number of hydrogen-bond donors (Lipinski definition) is 2. The molecule has 31 heavy (non-hydrogen) atoms. The van der Waals surface area contributed by atoms with Crippen LogP contribution >= 0.6 is 0 Å². The van der Waals surface area contributed by atoms with E-state index in [0.717, 1.165) is 6.42 Å². The van der Waals surface area contributed by atoms with Crippen molar-refractivity contribution in [2.45, 2.75) is 70.2 Å². The Kier molecular flexibility index (Phi) is 6.64. The van der Waals surface area contributed by atoms with Crippen molar-refractivity contribution < 1.29 is 41.2 Å². The lowest BCUT2D eigenvalue weighted by molar-refractivity contribution is -0.140. The van der Waals surface area contributed by atoms with Gasteiger partial charge in [-0.2, -0.15) is 13.5 Å². The Balaban J connectivity index is 1.50. The molecular weight excluding hydrogens is 436 g/mol. The Morgan fingerprint density at radius 2 is 1.94 bits per heavy atom. The third kappa shape index (κ3) is 5.75. The zero-order valence-electron chi connectivity index (χ0n) is 17.6. The molecule has 0 radical (unpaired) electrons. The van der Waals surface area contributed by atoms with Gasteiger partial charge in [-0.1, -0.05) is 0 Å². The van der Waals surface area contributed by atoms with Crippen molar-refractivity contribution in [2.24, 2.45) is 0 Å². The van der Waals surface area contributed by atoms with Gasteiger partial charge in [0, 0.05) is 13.1 Å². The average Bonchev–Trinajstić information content (AvgIpc) is 3.19. The van der Waals surface area contributed by atoms with Gasteiger partial charge in [-0.15, -0.1) is 4.28 Å². The molecule has 3 heterocycles. The van der Waals surface area contributed by atoms with Crippen LogP contribution in [0.1, 0.15) is 46.5 Å². The van der Waals surface area contributed by atoms with Crippen molar-refractivity contribution in [3.8, 4) is 0 Å². The van der Waals surface area contributed by atoms with Crippen molar-refractivity contribution in [3.63, 3.8) is 0 Å². The summed E-state index contributed by atoms with van der Waals surface area (Å²) in [5.41, 5.74) is 1.70. The van der Waals surface area contributed by atoms with Crippen LogP contribution in [0, 0.1) is 0 Å². The number of piperidine rings is 1. The van der Waals surface area contributed by atoms with E-state index >= 15 is 0 Å². The van der Waals surface area contributed by atoms with Crippen LogP contribution < -0.4 is 5.48 Å². The minimum atomic E-state index is -4.85. The molecule has 0 aromatic rings. The van der Waals surface area contributed by atoms with Crippen molar-refractivity contribution >= 4 is 28.4 Å². The predicted molar refractivity (Wildman–Crippen MR) is 103 cm³/mol. The molecule has 4 amide bonds. The lowest BCUT2D eigenvalue weighted by atomic mass is 10.0. The van der Waals surface area contributed by atoms with Crippen LogP contribution in [0.2, 0.25) is 0 Å². The molecule has 0 spiro atoms. The first kappa shape index (κ1) is 23.5. The first-order valence-corrected chi connectivity index (χ1v) is 11.4. The third-order valence-corrected chi connectivity index (χ3v) is 5.60. The van der Waals surface area contributed by atoms with Gasteiger partial charge < -0.3 is 14.5 Å². The van der Waals surface area contributed by atoms with Gasteiger partial charge in [0.15, 0.2) is 0 Å². The van der Waals surface area contributed by atoms with Gasteiger partial charge in [-0.05, 0) is 46.5 Å². The molecule has 3 aliphatic rings. The van der Waals surface area contributed by atoms with Crippen molar-refractivity contribution in [3.05, 3.63) is 0 Å². The number of ether oxygens (including phenoxy) is 1. The normalized spacial score (nSPS) is 26.4. The van der Waals surface area contributed by atoms with Crippen molar-refractivity contribution in [1.29, 1.82) is 0 Å². The quantitative estimate of drug-likeness (QED) is 0.421. The maximum absolute atomic E-state index is 12.5. The van der Waals surface area contributed by atoms with E-state index in [-0.39, 0.29) is 25.6 Å². The number of hydrogen-bond acceptors (Lipinski definition) is 8. The Labute approximate surface area is 180 Å². The monoisotopic (exact) mass is 464 g/mol. The molecule has 3 saturated heterocycles. The summed E-state index contributed by atoms with van der Waals surface area (Å²) in [4.78, 5) is 45.3. The largest absolute Gasteiger partial charge is 0.444 e. The number of carbonyl (C=O) groups is 3. The van der Waals surface area contributed by atoms with E-state index in [9.17, 15) is 22.8 Å². The smallest absolute Gasteiger partial charge is 0.418 e. The second-order valence-corrected chi connectivity index (χ2v) is 9.76. The number of rotatable bonds is 6. The summed E-state index contributed by atoms with van der Waals surface area (Å²) >= 11 is 0. The highest BCUT2D eigenvalue weighted by Crippen LogP contribution is 2.30. The molecule has 3 aliphatic heterocycles. The molecule has 13 nitrogen and oxygen atoms in total. The fourth-order valence-corrected chi connectivity index (χ4v) is 4.34. The van der Waals surface area contributed by atoms with Gasteiger partial charge >= 0.3 is 22.5 Å². The SMILES string of the molecule is CC(C)(C)OC(=O)N1CCC[C@H]1CONC(=O)[C@@H]1CC[C@@H]2CN1C(=O)N2OS(=O)(=O)O. The number of nitrogens with one attached hydrogen (secondary N) is 1. The number of urea groups is 1. The van der Waals surface area contributed by atoms with Gasteiger partial charge in [0.1, 0.15) is 11.6 Å². The van der Waals surface area contributed by atoms with Crippen molar-refractivity contribution in [1.82, 2.24) is 20.3 Å². The number of nitrogens with zero attached hydrogens (tertiary/aromatic N) is 3. The van der Waals surface area contributed by atoms with Crippen LogP contribution in [-0.2, 0) is 29.1 Å². The number of carbonyl (C=O) groups excluding carboxylic acids is 3. The molecular formula is C17H28N4O9S. The molecule has 0 unspecified atom stereocenters. The molecule has 2 bridgehead atoms. The molecule has 3 rings (SSSR count). The van der Waals surface area contributed by atoms with Crippen LogP contribution in [0.5, 0.6) is 0 Å². The summed E-state index contributed by atoms with van der Waals surface area (Å²) < 4.78 is 40.4. The minimum absolute atomic E-state index is 0.0618. The topological polar surface area (TPSA) is 155 Å². The molecule has 176 valence electrons. The molecule has 0 saturated carbocycles. The number of hydroxylamine groups is 3. The fourth-order valence-electron chi connectivity index (χ4n) is 3.95. The number of fused-ring (bicyclic) bond motifs is 2. The van der Waals surface area contributed by atoms with Gasteiger partial charge in [0.2, 0.25) is 0 Å². The molecule has 14 heteroatoms. The maximum Gasteiger partial charge on any atom is 0.418 e. The Morgan fingerprint density at radius 1 is 1.23 bits per heavy atom. The fraction of sp³-hybridized carbons (Fsp3) is 0.824. The van der Waals surface area contributed by atoms with Crippen LogP contribution in [0.3, 0.4) is 0 Å². The molecule has 0 aliphatic carbocycles. The highest BCUT2D eigenvalue weighted by Gasteiger charge is 2.49. The summed E-state index contributed by atoms with van der Waals surface area (Å²) in [6.07, 6.45) is 1.63. The van der Waals surface area contributed by atoms with Gasteiger partial charge in [-0.25, -0.2) is 15.1 Å². The van der Waals surface area contributed by atoms with E-state index < -0.39 is 46.1 Å². The lowest BCUT2D eigenvalue weighted by Crippen LogP contribution is -2.50. The van der Waals surface area contributed by atoms with Crippen LogP contribution in [0.15, 0.2) is 0 Å². The predicted octanol–water partition coefficient (Wildman–Crippen LogP) is 0.437. The van der Waals surface area contributed by atoms with E-state index in [2.05, 4.69) is 9.76 Å². The van der Waals surface area contributed by atoms with Crippen LogP contribution in [0.25, 0.3) is 0 Å². The van der Waals surface area contributed by atoms with E-state index in [1.807, 2.05) is 0 Å². The summed E-state index contributed by atoms with van der Waals surface area (Å²) in [6, 6.07) is -2.53. The van der Waals surface area contributed by atoms with Crippen LogP contribution in [-0.4, -0.2) is 89.3 Å². The maximum atomic E-state index is 12.5. The average molecular weight is 464 g/mol. The second kappa shape index (κ2) is 8.76. The van der Waals surface area contributed by atoms with Gasteiger partial charge in [-0.3, -0.25) is 14.2 Å². The summed E-state index contributed by atoms with van der Waals surface area (Å²) in [5, 5.41) is 0.570. The zero-order chi connectivity index (χ0) is 23.0. The Morgan fingerprint density at radius 3 is 2.58 bits per heavy atom. The summed E-state index contributed by atoms with van der Waals surface area (Å²) in [6.45, 7) is 6.02. The zero-order valence-corrected chi connectivity index (χ0v) is 18.5. The standard InChI is InChI=1S/C17H28N4O9S/c1-17(2,3)29-16(24)19-8-4-5-12(19)10-28-18-14(22)13-7-6-11-9-20(13)15(23)21(11)30-31(25,26)27/h11-13H,4-10H2,1-3H3,(H,18,22)(H,25,26,27)/t11-,12+,13+/m1/s1. The first-order chi connectivity index (χ1) is 14.4. The number of likely N-dealkylation sites (tertiary alicyclic amines) is 1. The molecule has 0 aromatic carbocycles. The molecule has 3 fully saturated rings. The van der Waals surface area contributed by atoms with Crippen molar-refractivity contribution in [2.75, 3.05) is 19.7 Å². The second-order valence-electron chi connectivity index (χ2n) is 8.76. The lowest BCUT2D eigenvalue weighted by Gasteiger charge is -2.30. The Hall–Kier alpha value is -2.16. The molecule has 3 atom stereocenters. The van der Waals surface area contributed by atoms with E-state index in [0.29, 0.717) is 24.4 Å². The molecule has 0 aromatic heterocycles. The summed E-state index contributed by atoms with van der Waals surface area (Å²) in [7, 11) is -4.85. The highest BCUT2D eigenvalue weighted by atomic mass is 32.3. The van der Waals surface area contributed by atoms with Crippen LogP contribution in [0.4, 0.5) is 9.59 Å². The van der Waals surface area contributed by atoms with Gasteiger partial charge in [0.25, 0.3) is 5.91 Å². The molecule has 2 N–H and O–H groups in total. The first-order valence-electron chi connectivity index (χ1n) is 10.0. The van der Waals surface area contributed by atoms with Gasteiger partial charge in [0.05, 0.1) is 18.7 Å². The van der Waals surface area contributed by atoms with E-state index in [1.54, 1.807) is 25.7 Å². The highest BCUT2D eigenvalue weighted by molar-refractivity contribution is 7.80. The van der Waals surface area contributed by atoms with E-state index in [1.165, 1.54) is 4.90 Å². The third-order valence-electron chi connectivity index (χ3n) is 5.25. The Bertz CT molecular complexity index is 828. The summed E-state index contributed by atoms with van der Waals surface area (Å²) in [5.74, 6) is -0.567. The minimum Gasteiger partial charge on any atom is -0.444 e. The number of amides is 4. The van der Waals surface area contributed by atoms with E-state index in [4.69, 9.17) is 14.1 Å².